The smallest absolute Gasteiger partial charge is 0.409 e. The number of pyridine rings is 1. The molecule has 1 aromatic carbocycles. The molecule has 1 atom stereocenters. The van der Waals surface area contributed by atoms with Gasteiger partial charge < -0.3 is 14.6 Å². The molecule has 3 aliphatic rings. The SMILES string of the molecule is N#Cc1c(NC(=O)O)sc2c(F)cnc(-c3c4c(c5cnc(OC[C@@]67CCCN6CC(F)(F)C7)nc5c3F)COC4)c12. The minimum Gasteiger partial charge on any atom is -0.465 e. The van der Waals surface area contributed by atoms with Crippen LogP contribution in [0.1, 0.15) is 36.0 Å². The first kappa shape index (κ1) is 26.7. The summed E-state index contributed by atoms with van der Waals surface area (Å²) in [4.78, 5) is 25.7. The van der Waals surface area contributed by atoms with E-state index < -0.39 is 29.2 Å². The fraction of sp³-hybridized carbons (Fsp3) is 0.370. The van der Waals surface area contributed by atoms with Gasteiger partial charge in [0.05, 0.1) is 47.5 Å². The minimum atomic E-state index is -2.83. The molecule has 6 heterocycles. The van der Waals surface area contributed by atoms with E-state index in [2.05, 4.69) is 20.3 Å². The summed E-state index contributed by atoms with van der Waals surface area (Å²) in [6.07, 6.45) is 1.77. The van der Waals surface area contributed by atoms with E-state index in [0.717, 1.165) is 12.6 Å². The van der Waals surface area contributed by atoms with Crippen molar-refractivity contribution < 1.29 is 36.9 Å². The van der Waals surface area contributed by atoms with Crippen LogP contribution in [0.3, 0.4) is 0 Å². The van der Waals surface area contributed by atoms with Gasteiger partial charge in [0.1, 0.15) is 23.2 Å². The zero-order valence-corrected chi connectivity index (χ0v) is 22.5. The molecule has 0 saturated carbocycles. The van der Waals surface area contributed by atoms with Crippen molar-refractivity contribution >= 4 is 43.4 Å². The number of hydrogen-bond acceptors (Lipinski definition) is 9. The number of hydrogen-bond donors (Lipinski definition) is 2. The third-order valence-electron chi connectivity index (χ3n) is 8.14. The van der Waals surface area contributed by atoms with E-state index in [-0.39, 0.29) is 76.2 Å². The lowest BCUT2D eigenvalue weighted by Gasteiger charge is -2.30. The Kier molecular flexibility index (Phi) is 6.02. The average Bonchev–Trinajstić information content (AvgIpc) is 3.70. The Hall–Kier alpha value is -4.13. The number of nitriles is 1. The first-order valence-electron chi connectivity index (χ1n) is 13.0. The number of ether oxygens (including phenoxy) is 2. The number of amides is 1. The summed E-state index contributed by atoms with van der Waals surface area (Å²) in [7, 11) is 0. The van der Waals surface area contributed by atoms with Crippen LogP contribution in [-0.2, 0) is 18.0 Å². The summed E-state index contributed by atoms with van der Waals surface area (Å²) in [5.41, 5.74) is -0.365. The largest absolute Gasteiger partial charge is 0.465 e. The summed E-state index contributed by atoms with van der Waals surface area (Å²) in [6, 6.07) is 1.69. The van der Waals surface area contributed by atoms with Crippen LogP contribution in [0, 0.1) is 23.0 Å². The third-order valence-corrected chi connectivity index (χ3v) is 9.25. The van der Waals surface area contributed by atoms with Crippen LogP contribution in [-0.4, -0.2) is 62.2 Å². The topological polar surface area (TPSA) is 133 Å². The first-order valence-corrected chi connectivity index (χ1v) is 13.8. The molecule has 0 unspecified atom stereocenters. The lowest BCUT2D eigenvalue weighted by molar-refractivity contribution is 0.00803. The Morgan fingerprint density at radius 1 is 1.26 bits per heavy atom. The minimum absolute atomic E-state index is 0.00481. The van der Waals surface area contributed by atoms with Crippen LogP contribution < -0.4 is 10.1 Å². The molecule has 4 aromatic rings. The molecule has 3 aliphatic heterocycles. The predicted molar refractivity (Wildman–Crippen MR) is 142 cm³/mol. The van der Waals surface area contributed by atoms with Gasteiger partial charge in [-0.15, -0.1) is 11.3 Å². The van der Waals surface area contributed by atoms with E-state index in [9.17, 15) is 28.3 Å². The number of nitrogens with one attached hydrogen (secondary N) is 1. The van der Waals surface area contributed by atoms with E-state index in [4.69, 9.17) is 9.47 Å². The van der Waals surface area contributed by atoms with Crippen LogP contribution in [0.15, 0.2) is 12.4 Å². The second-order valence-corrected chi connectivity index (χ2v) is 11.7. The molecule has 15 heteroatoms. The normalized spacial score (nSPS) is 21.0. The molecule has 42 heavy (non-hydrogen) atoms. The molecular weight excluding hydrogens is 580 g/mol. The Balaban J connectivity index is 1.36. The number of nitrogens with zero attached hydrogens (tertiary/aromatic N) is 5. The third kappa shape index (κ3) is 4.04. The quantitative estimate of drug-likeness (QED) is 0.288. The van der Waals surface area contributed by atoms with Crippen molar-refractivity contribution in [3.05, 3.63) is 40.7 Å². The van der Waals surface area contributed by atoms with Gasteiger partial charge in [0.15, 0.2) is 11.6 Å². The molecule has 1 amide bonds. The number of aromatic nitrogens is 3. The van der Waals surface area contributed by atoms with Crippen LogP contribution >= 0.6 is 11.3 Å². The monoisotopic (exact) mass is 600 g/mol. The highest BCUT2D eigenvalue weighted by atomic mass is 32.1. The van der Waals surface area contributed by atoms with Crippen molar-refractivity contribution in [2.45, 2.75) is 43.9 Å². The zero-order chi connectivity index (χ0) is 29.4. The molecule has 0 bridgehead atoms. The maximum absolute atomic E-state index is 16.5. The Labute approximate surface area is 238 Å². The van der Waals surface area contributed by atoms with Crippen molar-refractivity contribution in [3.8, 4) is 23.3 Å². The highest BCUT2D eigenvalue weighted by molar-refractivity contribution is 7.23. The molecule has 216 valence electrons. The van der Waals surface area contributed by atoms with Crippen molar-refractivity contribution in [1.82, 2.24) is 19.9 Å². The van der Waals surface area contributed by atoms with Gasteiger partial charge >= 0.3 is 12.1 Å². The second kappa shape index (κ2) is 9.45. The lowest BCUT2D eigenvalue weighted by Crippen LogP contribution is -2.43. The summed E-state index contributed by atoms with van der Waals surface area (Å²) in [5, 5.41) is 21.3. The van der Waals surface area contributed by atoms with Gasteiger partial charge in [0, 0.05) is 29.0 Å². The molecule has 2 fully saturated rings. The highest BCUT2D eigenvalue weighted by Crippen LogP contribution is 2.47. The maximum Gasteiger partial charge on any atom is 0.409 e. The van der Waals surface area contributed by atoms with Crippen LogP contribution in [0.25, 0.3) is 32.2 Å². The number of benzene rings is 1. The van der Waals surface area contributed by atoms with Crippen LogP contribution in [0.4, 0.5) is 27.4 Å². The first-order chi connectivity index (χ1) is 20.1. The van der Waals surface area contributed by atoms with E-state index in [1.165, 1.54) is 6.20 Å². The molecule has 2 N–H and O–H groups in total. The van der Waals surface area contributed by atoms with Gasteiger partial charge in [0.25, 0.3) is 5.92 Å². The van der Waals surface area contributed by atoms with Gasteiger partial charge in [-0.2, -0.15) is 10.2 Å². The number of halogens is 4. The Morgan fingerprint density at radius 2 is 2.07 bits per heavy atom. The molecule has 10 nitrogen and oxygen atoms in total. The molecule has 0 radical (unpaired) electrons. The number of anilines is 1. The van der Waals surface area contributed by atoms with Crippen LogP contribution in [0.5, 0.6) is 6.01 Å². The van der Waals surface area contributed by atoms with E-state index in [1.807, 2.05) is 6.07 Å². The lowest BCUT2D eigenvalue weighted by atomic mass is 9.94. The number of alkyl halides is 2. The fourth-order valence-corrected chi connectivity index (χ4v) is 7.48. The number of rotatable bonds is 5. The van der Waals surface area contributed by atoms with Gasteiger partial charge in [-0.1, -0.05) is 0 Å². The van der Waals surface area contributed by atoms with E-state index >= 15 is 4.39 Å². The van der Waals surface area contributed by atoms with E-state index in [1.54, 1.807) is 4.90 Å². The molecular formula is C27H20F4N6O4S. The highest BCUT2D eigenvalue weighted by Gasteiger charge is 2.57. The number of carbonyl (C=O) groups is 1. The van der Waals surface area contributed by atoms with Crippen molar-refractivity contribution in [3.63, 3.8) is 0 Å². The summed E-state index contributed by atoms with van der Waals surface area (Å²) >= 11 is 0.697. The van der Waals surface area contributed by atoms with Gasteiger partial charge in [-0.05, 0) is 30.5 Å². The second-order valence-electron chi connectivity index (χ2n) is 10.6. The molecule has 7 rings (SSSR count). The molecule has 0 spiro atoms. The average molecular weight is 601 g/mol. The molecule has 2 saturated heterocycles. The standard InChI is InChI=1S/C27H20F4N6O4S/c28-16-6-33-21(18-12(4-32)23(36-25(38)39)42-22(16)18)17-15-8-40-7-14(15)13-5-34-24(35-20(13)19(17)29)41-11-26-2-1-3-37(26)10-27(30,31)9-26/h5-6,36H,1-3,7-11H2,(H,38,39)/t26-/m0/s1. The van der Waals surface area contributed by atoms with Gasteiger partial charge in [-0.3, -0.25) is 15.2 Å². The predicted octanol–water partition coefficient (Wildman–Crippen LogP) is 5.43. The van der Waals surface area contributed by atoms with Gasteiger partial charge in [-0.25, -0.2) is 27.3 Å². The Morgan fingerprint density at radius 3 is 2.86 bits per heavy atom. The maximum atomic E-state index is 16.5. The fourth-order valence-electron chi connectivity index (χ4n) is 6.44. The Bertz CT molecular complexity index is 1860. The number of thiophene rings is 1. The number of carboxylic acid groups (broad SMARTS) is 1. The van der Waals surface area contributed by atoms with Crippen molar-refractivity contribution in [1.29, 1.82) is 5.26 Å². The molecule has 3 aromatic heterocycles. The zero-order valence-electron chi connectivity index (χ0n) is 21.6. The van der Waals surface area contributed by atoms with Crippen molar-refractivity contribution in [2.75, 3.05) is 25.0 Å². The van der Waals surface area contributed by atoms with E-state index in [0.29, 0.717) is 40.8 Å². The summed E-state index contributed by atoms with van der Waals surface area (Å²) in [6.45, 7) is 0.208. The van der Waals surface area contributed by atoms with Crippen molar-refractivity contribution in [2.24, 2.45) is 0 Å². The number of fused-ring (bicyclic) bond motifs is 5. The van der Waals surface area contributed by atoms with Gasteiger partial charge in [0.2, 0.25) is 0 Å². The summed E-state index contributed by atoms with van der Waals surface area (Å²) in [5.74, 6) is -4.48. The summed E-state index contributed by atoms with van der Waals surface area (Å²) < 4.78 is 71.1. The molecule has 0 aliphatic carbocycles. The van der Waals surface area contributed by atoms with Crippen LogP contribution in [0.2, 0.25) is 0 Å².